The number of pyridine rings is 1. The molecular formula is C27H32N8O3S. The zero-order valence-electron chi connectivity index (χ0n) is 22.3. The zero-order chi connectivity index (χ0) is 27.1. The monoisotopic (exact) mass is 548 g/mol. The number of rotatable bonds is 7. The van der Waals surface area contributed by atoms with Crippen molar-refractivity contribution in [2.45, 2.75) is 65.1 Å². The van der Waals surface area contributed by atoms with Crippen molar-refractivity contribution in [2.75, 3.05) is 23.8 Å². The average Bonchev–Trinajstić information content (AvgIpc) is 3.69. The van der Waals surface area contributed by atoms with Crippen LogP contribution in [0.2, 0.25) is 0 Å². The molecular weight excluding hydrogens is 516 g/mol. The molecule has 1 fully saturated rings. The molecule has 0 saturated carbocycles. The highest BCUT2D eigenvalue weighted by molar-refractivity contribution is 7.21. The van der Waals surface area contributed by atoms with E-state index in [0.717, 1.165) is 53.5 Å². The van der Waals surface area contributed by atoms with Gasteiger partial charge in [0.25, 0.3) is 5.91 Å². The van der Waals surface area contributed by atoms with Gasteiger partial charge in [-0.05, 0) is 46.2 Å². The molecule has 204 valence electrons. The molecule has 12 heteroatoms. The molecule has 0 aromatic carbocycles. The Morgan fingerprint density at radius 1 is 1.15 bits per heavy atom. The van der Waals surface area contributed by atoms with E-state index >= 15 is 0 Å². The number of thiazole rings is 1. The minimum absolute atomic E-state index is 0.0497. The van der Waals surface area contributed by atoms with Crippen molar-refractivity contribution < 1.29 is 14.3 Å². The van der Waals surface area contributed by atoms with Gasteiger partial charge in [0.2, 0.25) is 11.8 Å². The number of carbonyl (C=O) groups excluding carboxylic acids is 2. The third-order valence-corrected chi connectivity index (χ3v) is 8.52. The Morgan fingerprint density at radius 3 is 2.87 bits per heavy atom. The number of nitrogens with one attached hydrogen (secondary N) is 2. The summed E-state index contributed by atoms with van der Waals surface area (Å²) in [6, 6.07) is 2.42. The van der Waals surface area contributed by atoms with E-state index in [4.69, 9.17) is 4.74 Å². The predicted octanol–water partition coefficient (Wildman–Crippen LogP) is 4.20. The van der Waals surface area contributed by atoms with Gasteiger partial charge in [-0.3, -0.25) is 19.5 Å². The van der Waals surface area contributed by atoms with Crippen LogP contribution in [0.3, 0.4) is 0 Å². The fraction of sp³-hybridized carbons (Fsp3) is 0.444. The Balaban J connectivity index is 1.17. The largest absolute Gasteiger partial charge is 0.477 e. The van der Waals surface area contributed by atoms with Gasteiger partial charge in [0.1, 0.15) is 4.83 Å². The Hall–Kier alpha value is -3.77. The van der Waals surface area contributed by atoms with Crippen LogP contribution in [0.15, 0.2) is 30.9 Å². The normalized spacial score (nSPS) is 17.4. The number of aryl methyl sites for hydroxylation is 2. The van der Waals surface area contributed by atoms with Crippen molar-refractivity contribution in [3.63, 3.8) is 0 Å². The molecule has 0 bridgehead atoms. The standard InChI is InChI=1S/C27H32N8O3S/c1-16(2)33-7-4-6-19(33)11-24(36)31-18-10-22(17(3)28-12-18)32-25(37)21-14-30-35-15-23(39-27(21)35)20-13-29-34-8-5-9-38-26(20)34/h10,12-16,19H,4-9,11H2,1-3H3,(H,31,36)(H,32,37). The lowest BCUT2D eigenvalue weighted by molar-refractivity contribution is -0.117. The first-order valence-electron chi connectivity index (χ1n) is 13.4. The molecule has 11 nitrogen and oxygen atoms in total. The smallest absolute Gasteiger partial charge is 0.260 e. The molecule has 1 unspecified atom stereocenters. The lowest BCUT2D eigenvalue weighted by Crippen LogP contribution is -2.37. The van der Waals surface area contributed by atoms with Crippen LogP contribution in [0, 0.1) is 6.92 Å². The summed E-state index contributed by atoms with van der Waals surface area (Å²) in [5.74, 6) is 0.409. The highest BCUT2D eigenvalue weighted by atomic mass is 32.1. The van der Waals surface area contributed by atoms with Gasteiger partial charge in [-0.1, -0.05) is 0 Å². The number of fused-ring (bicyclic) bond motifs is 2. The van der Waals surface area contributed by atoms with Gasteiger partial charge >= 0.3 is 0 Å². The van der Waals surface area contributed by atoms with Gasteiger partial charge in [-0.25, -0.2) is 9.20 Å². The average molecular weight is 549 g/mol. The minimum Gasteiger partial charge on any atom is -0.477 e. The molecule has 2 aliphatic rings. The van der Waals surface area contributed by atoms with Crippen molar-refractivity contribution in [3.8, 4) is 16.3 Å². The highest BCUT2D eigenvalue weighted by Gasteiger charge is 2.28. The van der Waals surface area contributed by atoms with E-state index in [1.807, 2.05) is 17.8 Å². The molecule has 1 saturated heterocycles. The summed E-state index contributed by atoms with van der Waals surface area (Å²) in [7, 11) is 0. The van der Waals surface area contributed by atoms with Gasteiger partial charge in [0.05, 0.1) is 58.3 Å². The summed E-state index contributed by atoms with van der Waals surface area (Å²) < 4.78 is 9.41. The lowest BCUT2D eigenvalue weighted by Gasteiger charge is -2.27. The first-order valence-corrected chi connectivity index (χ1v) is 14.2. The van der Waals surface area contributed by atoms with E-state index < -0.39 is 0 Å². The van der Waals surface area contributed by atoms with Crippen LogP contribution in [0.5, 0.6) is 5.88 Å². The zero-order valence-corrected chi connectivity index (χ0v) is 23.1. The lowest BCUT2D eigenvalue weighted by atomic mass is 10.1. The molecule has 6 heterocycles. The molecule has 2 aliphatic heterocycles. The van der Waals surface area contributed by atoms with E-state index in [1.54, 1.807) is 29.2 Å². The van der Waals surface area contributed by atoms with E-state index in [2.05, 4.69) is 44.6 Å². The number of ether oxygens (including phenoxy) is 1. The maximum atomic E-state index is 13.3. The van der Waals surface area contributed by atoms with E-state index in [0.29, 0.717) is 41.7 Å². The van der Waals surface area contributed by atoms with E-state index in [-0.39, 0.29) is 17.9 Å². The Bertz CT molecular complexity index is 1540. The summed E-state index contributed by atoms with van der Waals surface area (Å²) in [5, 5.41) is 14.7. The molecule has 0 spiro atoms. The Morgan fingerprint density at radius 2 is 2.03 bits per heavy atom. The van der Waals surface area contributed by atoms with Gasteiger partial charge < -0.3 is 15.4 Å². The second-order valence-corrected chi connectivity index (χ2v) is 11.4. The maximum absolute atomic E-state index is 13.3. The van der Waals surface area contributed by atoms with Crippen molar-refractivity contribution in [1.29, 1.82) is 0 Å². The van der Waals surface area contributed by atoms with Gasteiger partial charge in [0.15, 0.2) is 0 Å². The first kappa shape index (κ1) is 25.5. The van der Waals surface area contributed by atoms with Gasteiger partial charge in [-0.2, -0.15) is 10.2 Å². The summed E-state index contributed by atoms with van der Waals surface area (Å²) in [6.07, 6.45) is 10.4. The van der Waals surface area contributed by atoms with Crippen molar-refractivity contribution in [2.24, 2.45) is 0 Å². The maximum Gasteiger partial charge on any atom is 0.260 e. The van der Waals surface area contributed by atoms with Crippen LogP contribution in [0.4, 0.5) is 11.4 Å². The molecule has 6 rings (SSSR count). The number of nitrogens with zero attached hydrogens (tertiary/aromatic N) is 6. The topological polar surface area (TPSA) is 119 Å². The SMILES string of the molecule is Cc1ncc(NC(=O)CC2CCCN2C(C)C)cc1NC(=O)c1cnn2cc(-c3cnn4c3OCCC4)sc12. The number of amides is 2. The fourth-order valence-electron chi connectivity index (χ4n) is 5.41. The molecule has 39 heavy (non-hydrogen) atoms. The van der Waals surface area contributed by atoms with Crippen molar-refractivity contribution >= 4 is 39.4 Å². The van der Waals surface area contributed by atoms with Gasteiger partial charge in [-0.15, -0.1) is 11.3 Å². The fourth-order valence-corrected chi connectivity index (χ4v) is 6.46. The molecule has 4 aromatic heterocycles. The van der Waals surface area contributed by atoms with Crippen LogP contribution < -0.4 is 15.4 Å². The minimum atomic E-state index is -0.293. The number of likely N-dealkylation sites (tertiary alicyclic amines) is 1. The molecule has 1 atom stereocenters. The van der Waals surface area contributed by atoms with E-state index in [9.17, 15) is 9.59 Å². The van der Waals surface area contributed by atoms with Crippen molar-refractivity contribution in [1.82, 2.24) is 29.3 Å². The summed E-state index contributed by atoms with van der Waals surface area (Å²) >= 11 is 1.46. The third kappa shape index (κ3) is 5.01. The summed E-state index contributed by atoms with van der Waals surface area (Å²) in [6.45, 7) is 8.68. The van der Waals surface area contributed by atoms with Crippen LogP contribution in [0.25, 0.3) is 15.3 Å². The van der Waals surface area contributed by atoms with Gasteiger partial charge in [0, 0.05) is 37.7 Å². The second-order valence-electron chi connectivity index (χ2n) is 10.4. The first-order chi connectivity index (χ1) is 18.9. The van der Waals surface area contributed by atoms with Crippen LogP contribution >= 0.6 is 11.3 Å². The summed E-state index contributed by atoms with van der Waals surface area (Å²) in [4.78, 5) is 34.5. The Labute approximate surface area is 230 Å². The molecule has 2 N–H and O–H groups in total. The highest BCUT2D eigenvalue weighted by Crippen LogP contribution is 2.37. The van der Waals surface area contributed by atoms with Crippen LogP contribution in [0.1, 0.15) is 55.6 Å². The molecule has 4 aromatic rings. The molecule has 0 aliphatic carbocycles. The van der Waals surface area contributed by atoms with E-state index in [1.165, 1.54) is 11.3 Å². The number of aromatic nitrogens is 5. The number of hydrogen-bond acceptors (Lipinski definition) is 8. The van der Waals surface area contributed by atoms with Crippen molar-refractivity contribution in [3.05, 3.63) is 42.1 Å². The molecule has 0 radical (unpaired) electrons. The number of hydrogen-bond donors (Lipinski definition) is 2. The predicted molar refractivity (Wildman–Crippen MR) is 149 cm³/mol. The summed E-state index contributed by atoms with van der Waals surface area (Å²) in [5.41, 5.74) is 3.10. The third-order valence-electron chi connectivity index (χ3n) is 7.38. The second kappa shape index (κ2) is 10.4. The van der Waals surface area contributed by atoms with Crippen LogP contribution in [-0.2, 0) is 11.3 Å². The number of anilines is 2. The molecule has 2 amide bonds. The Kier molecular flexibility index (Phi) is 6.81. The van der Waals surface area contributed by atoms with Crippen LogP contribution in [-0.4, -0.2) is 66.3 Å². The number of carbonyl (C=O) groups is 2. The quantitative estimate of drug-likeness (QED) is 0.355.